The third kappa shape index (κ3) is 3.64. The summed E-state index contributed by atoms with van der Waals surface area (Å²) < 4.78 is 36.6. The van der Waals surface area contributed by atoms with E-state index in [-0.39, 0.29) is 35.6 Å². The van der Waals surface area contributed by atoms with Crippen molar-refractivity contribution < 1.29 is 22.5 Å². The van der Waals surface area contributed by atoms with Gasteiger partial charge in [-0.15, -0.1) is 0 Å². The van der Waals surface area contributed by atoms with E-state index in [4.69, 9.17) is 21.5 Å². The Morgan fingerprint density at radius 1 is 1.19 bits per heavy atom. The molecule has 1 aromatic rings. The van der Waals surface area contributed by atoms with Crippen LogP contribution < -0.4 is 4.90 Å². The molecule has 1 saturated heterocycles. The van der Waals surface area contributed by atoms with Crippen molar-refractivity contribution in [2.45, 2.75) is 13.3 Å². The minimum absolute atomic E-state index is 0.102. The lowest BCUT2D eigenvalue weighted by atomic mass is 10.0. The fourth-order valence-corrected chi connectivity index (χ4v) is 3.72. The Hall–Kier alpha value is -2.23. The molecule has 1 aromatic carbocycles. The fraction of sp³-hybridized carbons (Fsp3) is 0.294. The van der Waals surface area contributed by atoms with Crippen LogP contribution >= 0.6 is 12.2 Å². The maximum absolute atomic E-state index is 12.6. The van der Waals surface area contributed by atoms with E-state index in [0.29, 0.717) is 12.2 Å². The number of benzene rings is 1. The van der Waals surface area contributed by atoms with Crippen LogP contribution in [0.3, 0.4) is 0 Å². The number of fused-ring (bicyclic) bond motifs is 1. The standard InChI is InChI=1S/C17H18N2O5S2/c1-2-18-16(20)15(24-17(18)25)14-9-8-12-6-3-4-7-13(12)19(14)10-5-11-26(21,22)23/h3-4,6-9H,2,5,10-11H2,1H3,(H,21,22,23)/b15-14-. The SMILES string of the molecule is CCN1C(=O)/C(=C2\C=Cc3ccccc3N2CCCS(=O)(=O)O)OC1=S. The number of thiocarbonyl (C=S) groups is 1. The van der Waals surface area contributed by atoms with E-state index in [1.807, 2.05) is 35.2 Å². The summed E-state index contributed by atoms with van der Waals surface area (Å²) in [5.74, 6) is -0.572. The van der Waals surface area contributed by atoms with Gasteiger partial charge >= 0.3 is 0 Å². The minimum atomic E-state index is -4.06. The number of carbonyl (C=O) groups is 1. The van der Waals surface area contributed by atoms with Crippen molar-refractivity contribution in [3.63, 3.8) is 0 Å². The predicted molar refractivity (Wildman–Crippen MR) is 102 cm³/mol. The Labute approximate surface area is 157 Å². The molecule has 3 rings (SSSR count). The van der Waals surface area contributed by atoms with Crippen LogP contribution in [0, 0.1) is 0 Å². The normalized spacial score (nSPS) is 19.8. The quantitative estimate of drug-likeness (QED) is 0.465. The lowest BCUT2D eigenvalue weighted by Crippen LogP contribution is -2.31. The van der Waals surface area contributed by atoms with Gasteiger partial charge in [0, 0.05) is 18.8 Å². The zero-order chi connectivity index (χ0) is 18.9. The van der Waals surface area contributed by atoms with Gasteiger partial charge in [0.25, 0.3) is 21.2 Å². The molecule has 0 spiro atoms. The average Bonchev–Trinajstić information content (AvgIpc) is 2.87. The van der Waals surface area contributed by atoms with Gasteiger partial charge in [0.05, 0.1) is 11.4 Å². The second kappa shape index (κ2) is 7.18. The first-order valence-electron chi connectivity index (χ1n) is 8.09. The Bertz CT molecular complexity index is 921. The van der Waals surface area contributed by atoms with Crippen LogP contribution in [0.5, 0.6) is 0 Å². The van der Waals surface area contributed by atoms with Crippen LogP contribution in [-0.2, 0) is 19.6 Å². The van der Waals surface area contributed by atoms with Gasteiger partial charge in [-0.1, -0.05) is 24.3 Å². The highest BCUT2D eigenvalue weighted by Crippen LogP contribution is 2.34. The molecule has 2 heterocycles. The van der Waals surface area contributed by atoms with Gasteiger partial charge in [-0.2, -0.15) is 8.42 Å². The van der Waals surface area contributed by atoms with Crippen molar-refractivity contribution in [1.29, 1.82) is 0 Å². The molecule has 0 aromatic heterocycles. The highest BCUT2D eigenvalue weighted by molar-refractivity contribution is 7.85. The number of ether oxygens (including phenoxy) is 1. The van der Waals surface area contributed by atoms with Gasteiger partial charge in [0.2, 0.25) is 5.76 Å². The van der Waals surface area contributed by atoms with Gasteiger partial charge in [0.15, 0.2) is 0 Å². The van der Waals surface area contributed by atoms with Crippen LogP contribution in [0.15, 0.2) is 41.8 Å². The lowest BCUT2D eigenvalue weighted by molar-refractivity contribution is -0.122. The van der Waals surface area contributed by atoms with E-state index in [1.54, 1.807) is 13.0 Å². The van der Waals surface area contributed by atoms with Crippen LogP contribution in [0.4, 0.5) is 5.69 Å². The van der Waals surface area contributed by atoms with Gasteiger partial charge < -0.3 is 9.64 Å². The number of hydrogen-bond donors (Lipinski definition) is 1. The fourth-order valence-electron chi connectivity index (χ4n) is 2.93. The molecule has 9 heteroatoms. The molecule has 138 valence electrons. The highest BCUT2D eigenvalue weighted by atomic mass is 32.2. The number of nitrogens with zero attached hydrogens (tertiary/aromatic N) is 2. The number of para-hydroxylation sites is 1. The zero-order valence-electron chi connectivity index (χ0n) is 14.1. The van der Waals surface area contributed by atoms with Crippen molar-refractivity contribution in [2.24, 2.45) is 0 Å². The summed E-state index contributed by atoms with van der Waals surface area (Å²) in [5.41, 5.74) is 2.27. The lowest BCUT2D eigenvalue weighted by Gasteiger charge is -2.30. The first-order valence-corrected chi connectivity index (χ1v) is 10.1. The third-order valence-electron chi connectivity index (χ3n) is 4.12. The summed E-state index contributed by atoms with van der Waals surface area (Å²) in [6, 6.07) is 7.55. The Morgan fingerprint density at radius 2 is 1.92 bits per heavy atom. The molecule has 0 bridgehead atoms. The monoisotopic (exact) mass is 394 g/mol. The summed E-state index contributed by atoms with van der Waals surface area (Å²) in [5, 5.41) is 0.102. The molecular formula is C17H18N2O5S2. The van der Waals surface area contributed by atoms with E-state index in [1.165, 1.54) is 4.90 Å². The molecule has 0 saturated carbocycles. The average molecular weight is 394 g/mol. The minimum Gasteiger partial charge on any atom is -0.423 e. The molecule has 0 atom stereocenters. The van der Waals surface area contributed by atoms with Crippen LogP contribution in [0.25, 0.3) is 6.08 Å². The molecule has 0 unspecified atom stereocenters. The number of carbonyl (C=O) groups excluding carboxylic acids is 1. The first kappa shape index (κ1) is 18.6. The van der Waals surface area contributed by atoms with E-state index >= 15 is 0 Å². The third-order valence-corrected chi connectivity index (χ3v) is 5.23. The van der Waals surface area contributed by atoms with E-state index in [0.717, 1.165) is 11.3 Å². The van der Waals surface area contributed by atoms with E-state index in [2.05, 4.69) is 0 Å². The highest BCUT2D eigenvalue weighted by Gasteiger charge is 2.36. The van der Waals surface area contributed by atoms with Crippen molar-refractivity contribution in [3.05, 3.63) is 47.4 Å². The molecule has 7 nitrogen and oxygen atoms in total. The number of anilines is 1. The molecule has 0 radical (unpaired) electrons. The van der Waals surface area contributed by atoms with Crippen LogP contribution in [-0.4, -0.2) is 47.8 Å². The number of likely N-dealkylation sites (N-methyl/N-ethyl adjacent to an activating group) is 1. The molecule has 0 aliphatic carbocycles. The topological polar surface area (TPSA) is 87.2 Å². The van der Waals surface area contributed by atoms with E-state index in [9.17, 15) is 13.2 Å². The number of hydrogen-bond acceptors (Lipinski definition) is 6. The van der Waals surface area contributed by atoms with E-state index < -0.39 is 10.1 Å². The maximum Gasteiger partial charge on any atom is 0.299 e. The molecule has 1 fully saturated rings. The van der Waals surface area contributed by atoms with Crippen molar-refractivity contribution in [3.8, 4) is 0 Å². The zero-order valence-corrected chi connectivity index (χ0v) is 15.7. The van der Waals surface area contributed by atoms with Gasteiger partial charge in [-0.3, -0.25) is 14.2 Å². The largest absolute Gasteiger partial charge is 0.423 e. The smallest absolute Gasteiger partial charge is 0.299 e. The Morgan fingerprint density at radius 3 is 2.58 bits per heavy atom. The molecule has 26 heavy (non-hydrogen) atoms. The first-order chi connectivity index (χ1) is 12.3. The summed E-state index contributed by atoms with van der Waals surface area (Å²) in [6.45, 7) is 2.49. The summed E-state index contributed by atoms with van der Waals surface area (Å²) in [6.07, 6.45) is 3.81. The Kier molecular flexibility index (Phi) is 5.12. The number of allylic oxidation sites excluding steroid dienone is 1. The number of rotatable bonds is 5. The van der Waals surface area contributed by atoms with Crippen molar-refractivity contribution >= 4 is 45.2 Å². The second-order valence-electron chi connectivity index (χ2n) is 5.82. The summed E-state index contributed by atoms with van der Waals surface area (Å²) >= 11 is 5.11. The summed E-state index contributed by atoms with van der Waals surface area (Å²) in [4.78, 5) is 15.8. The van der Waals surface area contributed by atoms with Crippen molar-refractivity contribution in [1.82, 2.24) is 4.90 Å². The van der Waals surface area contributed by atoms with Gasteiger partial charge in [-0.25, -0.2) is 0 Å². The molecular weight excluding hydrogens is 376 g/mol. The van der Waals surface area contributed by atoms with Crippen LogP contribution in [0.1, 0.15) is 18.9 Å². The van der Waals surface area contributed by atoms with Gasteiger partial charge in [0.1, 0.15) is 0 Å². The van der Waals surface area contributed by atoms with Crippen LogP contribution in [0.2, 0.25) is 0 Å². The molecule has 1 amide bonds. The Balaban J connectivity index is 1.99. The molecule has 2 aliphatic rings. The molecule has 2 aliphatic heterocycles. The molecule has 1 N–H and O–H groups in total. The number of amides is 1. The van der Waals surface area contributed by atoms with Crippen molar-refractivity contribution in [2.75, 3.05) is 23.7 Å². The predicted octanol–water partition coefficient (Wildman–Crippen LogP) is 2.17. The van der Waals surface area contributed by atoms with Gasteiger partial charge in [-0.05, 0) is 43.3 Å². The second-order valence-corrected chi connectivity index (χ2v) is 7.74. The maximum atomic E-state index is 12.6. The summed E-state index contributed by atoms with van der Waals surface area (Å²) in [7, 11) is -4.06.